The van der Waals surface area contributed by atoms with Gasteiger partial charge in [-0.3, -0.25) is 8.98 Å². The van der Waals surface area contributed by atoms with Crippen LogP contribution in [-0.2, 0) is 19.1 Å². The van der Waals surface area contributed by atoms with Crippen molar-refractivity contribution in [2.75, 3.05) is 12.9 Å². The molecule has 3 fully saturated rings. The fourth-order valence-electron chi connectivity index (χ4n) is 7.55. The number of carbonyl (C=O) groups excluding carboxylic acids is 1. The SMILES string of the molecule is CC.C[C@H]1C[C@H]2[C@@H]3CCC4=CCC=C[C@]4(C)[C@@]3(F)[C@@H](O)C[C@]2(C)[C@@]1(O)C(=O)COS(C)(=O)=O. The van der Waals surface area contributed by atoms with Gasteiger partial charge in [0.1, 0.15) is 12.2 Å². The standard InChI is InChI=1S/C23H33FO6S.C2H6/c1-14-11-17-16-9-8-15-7-5-6-10-20(15,2)22(16,24)18(25)12-21(17,3)23(14,27)19(26)13-30-31(4,28)29;1-2/h6-7,10,14,16-18,25,27H,5,8-9,11-13H2,1-4H3;1-2H3/t14-,16-,17-,18-,20-,21-,22-,23-;/m0./s1. The van der Waals surface area contributed by atoms with Crippen molar-refractivity contribution in [3.63, 3.8) is 0 Å². The van der Waals surface area contributed by atoms with Crippen LogP contribution in [0.25, 0.3) is 0 Å². The molecule has 4 aliphatic carbocycles. The van der Waals surface area contributed by atoms with Crippen LogP contribution in [0.4, 0.5) is 4.39 Å². The van der Waals surface area contributed by atoms with Crippen LogP contribution in [0.3, 0.4) is 0 Å². The molecule has 8 atom stereocenters. The number of ketones is 1. The molecule has 3 saturated carbocycles. The highest BCUT2D eigenvalue weighted by atomic mass is 32.2. The van der Waals surface area contributed by atoms with Crippen LogP contribution in [0.2, 0.25) is 0 Å². The van der Waals surface area contributed by atoms with Crippen LogP contribution < -0.4 is 0 Å². The van der Waals surface area contributed by atoms with Gasteiger partial charge in [0.2, 0.25) is 0 Å². The number of hydrogen-bond acceptors (Lipinski definition) is 6. The third-order valence-corrected chi connectivity index (χ3v) is 9.65. The molecule has 8 heteroatoms. The van der Waals surface area contributed by atoms with Gasteiger partial charge in [0.25, 0.3) is 10.1 Å². The average Bonchev–Trinajstić information content (AvgIpc) is 2.95. The van der Waals surface area contributed by atoms with Gasteiger partial charge in [0, 0.05) is 16.7 Å². The Morgan fingerprint density at radius 3 is 2.52 bits per heavy atom. The number of rotatable bonds is 4. The monoisotopic (exact) mass is 486 g/mol. The largest absolute Gasteiger partial charge is 0.390 e. The molecule has 0 bridgehead atoms. The zero-order valence-corrected chi connectivity index (χ0v) is 21.4. The van der Waals surface area contributed by atoms with Gasteiger partial charge in [0.05, 0.1) is 12.4 Å². The molecule has 0 aromatic carbocycles. The lowest BCUT2D eigenvalue weighted by molar-refractivity contribution is -0.219. The Morgan fingerprint density at radius 1 is 1.27 bits per heavy atom. The van der Waals surface area contributed by atoms with Crippen molar-refractivity contribution < 1.29 is 32.0 Å². The summed E-state index contributed by atoms with van der Waals surface area (Å²) in [4.78, 5) is 13.1. The van der Waals surface area contributed by atoms with E-state index in [1.54, 1.807) is 13.8 Å². The van der Waals surface area contributed by atoms with Gasteiger partial charge < -0.3 is 10.2 Å². The second-order valence-corrected chi connectivity index (χ2v) is 12.2. The molecule has 4 aliphatic rings. The van der Waals surface area contributed by atoms with Crippen LogP contribution in [-0.4, -0.2) is 54.7 Å². The van der Waals surface area contributed by atoms with E-state index in [0.29, 0.717) is 19.3 Å². The van der Waals surface area contributed by atoms with E-state index in [9.17, 15) is 23.4 Å². The van der Waals surface area contributed by atoms with E-state index < -0.39 is 62.5 Å². The smallest absolute Gasteiger partial charge is 0.264 e. The van der Waals surface area contributed by atoms with Crippen LogP contribution in [0, 0.1) is 28.6 Å². The van der Waals surface area contributed by atoms with E-state index >= 15 is 4.39 Å². The third-order valence-electron chi connectivity index (χ3n) is 9.11. The van der Waals surface area contributed by atoms with Gasteiger partial charge in [-0.25, -0.2) is 4.39 Å². The highest BCUT2D eigenvalue weighted by Gasteiger charge is 2.75. The van der Waals surface area contributed by atoms with Crippen molar-refractivity contribution in [3.8, 4) is 0 Å². The lowest BCUT2D eigenvalue weighted by atomic mass is 9.44. The third kappa shape index (κ3) is 3.58. The maximum atomic E-state index is 17.0. The van der Waals surface area contributed by atoms with Crippen LogP contribution >= 0.6 is 0 Å². The first kappa shape index (κ1) is 26.5. The molecule has 0 radical (unpaired) electrons. The Hall–Kier alpha value is -1.09. The number of hydrogen-bond donors (Lipinski definition) is 2. The lowest BCUT2D eigenvalue weighted by Crippen LogP contribution is -2.69. The molecule has 0 aliphatic heterocycles. The number of allylic oxidation sites excluding steroid dienone is 4. The molecule has 0 saturated heterocycles. The predicted octanol–water partition coefficient (Wildman–Crippen LogP) is 3.73. The van der Waals surface area contributed by atoms with Crippen LogP contribution in [0.1, 0.15) is 66.7 Å². The Labute approximate surface area is 197 Å². The Bertz CT molecular complexity index is 960. The molecule has 0 amide bonds. The Balaban J connectivity index is 0.00000149. The van der Waals surface area contributed by atoms with E-state index in [0.717, 1.165) is 18.2 Å². The van der Waals surface area contributed by atoms with Gasteiger partial charge in [-0.15, -0.1) is 0 Å². The van der Waals surface area contributed by atoms with Gasteiger partial charge in [0.15, 0.2) is 11.5 Å². The van der Waals surface area contributed by atoms with Crippen LogP contribution in [0.15, 0.2) is 23.8 Å². The number of alkyl halides is 1. The first-order valence-electron chi connectivity index (χ1n) is 12.1. The van der Waals surface area contributed by atoms with Gasteiger partial charge in [-0.05, 0) is 50.9 Å². The quantitative estimate of drug-likeness (QED) is 0.464. The molecule has 2 N–H and O–H groups in total. The molecular weight excluding hydrogens is 447 g/mol. The van der Waals surface area contributed by atoms with Crippen molar-refractivity contribution in [1.82, 2.24) is 0 Å². The highest BCUT2D eigenvalue weighted by Crippen LogP contribution is 2.70. The number of Topliss-reactive ketones (excluding diaryl/α,β-unsaturated/α-hetero) is 1. The summed E-state index contributed by atoms with van der Waals surface area (Å²) in [5.74, 6) is -2.09. The molecule has 4 rings (SSSR count). The Kier molecular flexibility index (Phi) is 6.86. The zero-order chi connectivity index (χ0) is 25.0. The maximum Gasteiger partial charge on any atom is 0.264 e. The topological polar surface area (TPSA) is 101 Å². The molecule has 0 aromatic heterocycles. The summed E-state index contributed by atoms with van der Waals surface area (Å²) in [6.45, 7) is 8.57. The van der Waals surface area contributed by atoms with E-state index in [-0.39, 0.29) is 12.3 Å². The molecule has 6 nitrogen and oxygen atoms in total. The zero-order valence-electron chi connectivity index (χ0n) is 20.6. The van der Waals surface area contributed by atoms with Crippen molar-refractivity contribution in [3.05, 3.63) is 23.8 Å². The van der Waals surface area contributed by atoms with Crippen molar-refractivity contribution in [2.24, 2.45) is 28.6 Å². The first-order valence-corrected chi connectivity index (χ1v) is 13.9. The van der Waals surface area contributed by atoms with E-state index in [4.69, 9.17) is 4.18 Å². The minimum atomic E-state index is -3.86. The second-order valence-electron chi connectivity index (χ2n) is 10.5. The maximum absolute atomic E-state index is 17.0. The molecule has 0 unspecified atom stereocenters. The van der Waals surface area contributed by atoms with Crippen molar-refractivity contribution in [2.45, 2.75) is 84.1 Å². The van der Waals surface area contributed by atoms with Gasteiger partial charge in [-0.2, -0.15) is 8.42 Å². The average molecular weight is 487 g/mol. The number of fused-ring (bicyclic) bond motifs is 5. The summed E-state index contributed by atoms with van der Waals surface area (Å²) in [5.41, 5.74) is -4.78. The van der Waals surface area contributed by atoms with Crippen LogP contribution in [0.5, 0.6) is 0 Å². The van der Waals surface area contributed by atoms with E-state index in [2.05, 4.69) is 6.08 Å². The number of aliphatic hydroxyl groups is 2. The lowest BCUT2D eigenvalue weighted by Gasteiger charge is -2.62. The minimum absolute atomic E-state index is 0.0766. The number of halogens is 1. The summed E-state index contributed by atoms with van der Waals surface area (Å²) in [6.07, 6.45) is 7.73. The molecule has 0 aromatic rings. The Morgan fingerprint density at radius 2 is 1.91 bits per heavy atom. The molecule has 188 valence electrons. The first-order chi connectivity index (χ1) is 15.2. The second kappa shape index (κ2) is 8.54. The highest BCUT2D eigenvalue weighted by molar-refractivity contribution is 7.86. The summed E-state index contributed by atoms with van der Waals surface area (Å²) >= 11 is 0. The molecular formula is C25H39FO6S. The fraction of sp³-hybridized carbons (Fsp3) is 0.800. The van der Waals surface area contributed by atoms with Gasteiger partial charge >= 0.3 is 0 Å². The fourth-order valence-corrected chi connectivity index (χ4v) is 7.87. The van der Waals surface area contributed by atoms with Crippen molar-refractivity contribution in [1.29, 1.82) is 0 Å². The van der Waals surface area contributed by atoms with E-state index in [1.807, 2.05) is 32.9 Å². The summed E-state index contributed by atoms with van der Waals surface area (Å²) in [6, 6.07) is 0. The van der Waals surface area contributed by atoms with Crippen molar-refractivity contribution >= 4 is 15.9 Å². The van der Waals surface area contributed by atoms with E-state index in [1.165, 1.54) is 0 Å². The number of aliphatic hydroxyl groups excluding tert-OH is 1. The normalized spacial score (nSPS) is 46.3. The summed E-state index contributed by atoms with van der Waals surface area (Å²) < 4.78 is 44.5. The summed E-state index contributed by atoms with van der Waals surface area (Å²) in [7, 11) is -3.86. The molecule has 0 heterocycles. The molecule has 33 heavy (non-hydrogen) atoms. The number of carbonyl (C=O) groups is 1. The van der Waals surface area contributed by atoms with Gasteiger partial charge in [-0.1, -0.05) is 51.5 Å². The predicted molar refractivity (Wildman–Crippen MR) is 125 cm³/mol. The minimum Gasteiger partial charge on any atom is -0.390 e. The summed E-state index contributed by atoms with van der Waals surface area (Å²) in [5, 5.41) is 22.9. The molecule has 0 spiro atoms.